The zero-order valence-corrected chi connectivity index (χ0v) is 8.10. The number of aromatic hydroxyl groups is 1. The zero-order valence-electron chi connectivity index (χ0n) is 7.34. The highest BCUT2D eigenvalue weighted by Gasteiger charge is 2.44. The first-order valence-corrected chi connectivity index (χ1v) is 4.63. The van der Waals surface area contributed by atoms with Crippen LogP contribution in [0.25, 0.3) is 0 Å². The second-order valence-electron chi connectivity index (χ2n) is 3.66. The number of hydrogen-bond donors (Lipinski definition) is 2. The highest BCUT2D eigenvalue weighted by atomic mass is 35.5. The quantitative estimate of drug-likeness (QED) is 0.727. The van der Waals surface area contributed by atoms with Gasteiger partial charge in [0.15, 0.2) is 0 Å². The van der Waals surface area contributed by atoms with Crippen LogP contribution in [0.4, 0.5) is 0 Å². The summed E-state index contributed by atoms with van der Waals surface area (Å²) in [5.41, 5.74) is 0.685. The lowest BCUT2D eigenvalue weighted by molar-refractivity contribution is 0.151. The third-order valence-electron chi connectivity index (χ3n) is 2.46. The zero-order chi connectivity index (χ0) is 9.64. The molecule has 0 radical (unpaired) electrons. The minimum absolute atomic E-state index is 0.164. The van der Waals surface area contributed by atoms with Gasteiger partial charge in [0.2, 0.25) is 0 Å². The molecule has 2 nitrogen and oxygen atoms in total. The van der Waals surface area contributed by atoms with Crippen LogP contribution >= 0.6 is 11.6 Å². The number of aryl methyl sites for hydroxylation is 1. The van der Waals surface area contributed by atoms with Crippen LogP contribution in [0.15, 0.2) is 12.1 Å². The van der Waals surface area contributed by atoms with E-state index in [-0.39, 0.29) is 5.75 Å². The summed E-state index contributed by atoms with van der Waals surface area (Å²) in [5.74, 6) is 0.164. The number of benzene rings is 1. The van der Waals surface area contributed by atoms with E-state index in [0.717, 1.165) is 18.4 Å². The van der Waals surface area contributed by atoms with Crippen LogP contribution in [0.3, 0.4) is 0 Å². The number of aliphatic hydroxyl groups is 1. The molecule has 0 heterocycles. The Morgan fingerprint density at radius 1 is 1.38 bits per heavy atom. The first-order chi connectivity index (χ1) is 6.03. The Balaban J connectivity index is 2.56. The van der Waals surface area contributed by atoms with Crippen LogP contribution in [-0.2, 0) is 5.60 Å². The maximum absolute atomic E-state index is 9.83. The smallest absolute Gasteiger partial charge is 0.116 e. The van der Waals surface area contributed by atoms with Crippen molar-refractivity contribution >= 4 is 11.6 Å². The molecular formula is C10H11ClO2. The van der Waals surface area contributed by atoms with Gasteiger partial charge < -0.3 is 10.2 Å². The molecule has 3 heteroatoms. The summed E-state index contributed by atoms with van der Waals surface area (Å²) in [4.78, 5) is 0. The molecular weight excluding hydrogens is 188 g/mol. The molecule has 13 heavy (non-hydrogen) atoms. The Bertz CT molecular complexity index is 356. The SMILES string of the molecule is Cc1cc(O)cc(C2(O)CC2)c1Cl. The molecule has 1 aliphatic carbocycles. The monoisotopic (exact) mass is 198 g/mol. The topological polar surface area (TPSA) is 40.5 Å². The van der Waals surface area contributed by atoms with Crippen LogP contribution in [0.5, 0.6) is 5.75 Å². The molecule has 1 aromatic rings. The van der Waals surface area contributed by atoms with Crippen molar-refractivity contribution in [1.29, 1.82) is 0 Å². The fourth-order valence-corrected chi connectivity index (χ4v) is 1.76. The normalized spacial score (nSPS) is 18.7. The summed E-state index contributed by atoms with van der Waals surface area (Å²) in [6, 6.07) is 3.14. The molecule has 0 bridgehead atoms. The van der Waals surface area contributed by atoms with Crippen LogP contribution in [0.1, 0.15) is 24.0 Å². The first-order valence-electron chi connectivity index (χ1n) is 4.25. The van der Waals surface area contributed by atoms with Gasteiger partial charge in [0.25, 0.3) is 0 Å². The van der Waals surface area contributed by atoms with Crippen molar-refractivity contribution in [2.24, 2.45) is 0 Å². The van der Waals surface area contributed by atoms with Crippen LogP contribution in [0.2, 0.25) is 5.02 Å². The van der Waals surface area contributed by atoms with Crippen LogP contribution in [-0.4, -0.2) is 10.2 Å². The van der Waals surface area contributed by atoms with E-state index >= 15 is 0 Å². The number of phenolic OH excluding ortho intramolecular Hbond substituents is 1. The lowest BCUT2D eigenvalue weighted by Gasteiger charge is -2.12. The van der Waals surface area contributed by atoms with E-state index in [4.69, 9.17) is 11.6 Å². The predicted molar refractivity (Wildman–Crippen MR) is 51.0 cm³/mol. The Kier molecular flexibility index (Phi) is 1.79. The van der Waals surface area contributed by atoms with Gasteiger partial charge in [-0.25, -0.2) is 0 Å². The van der Waals surface area contributed by atoms with E-state index < -0.39 is 5.60 Å². The van der Waals surface area contributed by atoms with Crippen molar-refractivity contribution in [3.63, 3.8) is 0 Å². The summed E-state index contributed by atoms with van der Waals surface area (Å²) < 4.78 is 0. The van der Waals surface area contributed by atoms with Gasteiger partial charge in [0.1, 0.15) is 5.75 Å². The molecule has 0 amide bonds. The Hall–Kier alpha value is -0.730. The second-order valence-corrected chi connectivity index (χ2v) is 4.03. The lowest BCUT2D eigenvalue weighted by Crippen LogP contribution is -2.05. The Morgan fingerprint density at radius 2 is 2.00 bits per heavy atom. The molecule has 0 saturated heterocycles. The minimum Gasteiger partial charge on any atom is -0.508 e. The largest absolute Gasteiger partial charge is 0.508 e. The summed E-state index contributed by atoms with van der Waals surface area (Å²) in [7, 11) is 0. The van der Waals surface area contributed by atoms with Gasteiger partial charge in [0, 0.05) is 10.6 Å². The molecule has 1 fully saturated rings. The average Bonchev–Trinajstić information content (AvgIpc) is 2.77. The van der Waals surface area contributed by atoms with Crippen LogP contribution in [0, 0.1) is 6.92 Å². The third kappa shape index (κ3) is 1.40. The van der Waals surface area contributed by atoms with Crippen molar-refractivity contribution in [3.8, 4) is 5.75 Å². The maximum Gasteiger partial charge on any atom is 0.116 e. The summed E-state index contributed by atoms with van der Waals surface area (Å²) >= 11 is 6.02. The van der Waals surface area contributed by atoms with Gasteiger partial charge in [-0.1, -0.05) is 11.6 Å². The molecule has 0 atom stereocenters. The third-order valence-corrected chi connectivity index (χ3v) is 2.97. The van der Waals surface area contributed by atoms with Crippen molar-refractivity contribution in [2.45, 2.75) is 25.4 Å². The maximum atomic E-state index is 9.83. The molecule has 2 N–H and O–H groups in total. The van der Waals surface area contributed by atoms with Gasteiger partial charge in [-0.3, -0.25) is 0 Å². The number of halogens is 1. The number of phenols is 1. The molecule has 1 saturated carbocycles. The molecule has 70 valence electrons. The molecule has 0 aromatic heterocycles. The van der Waals surface area contributed by atoms with E-state index in [1.54, 1.807) is 12.1 Å². The highest BCUT2D eigenvalue weighted by Crippen LogP contribution is 2.49. The van der Waals surface area contributed by atoms with Crippen molar-refractivity contribution in [1.82, 2.24) is 0 Å². The Morgan fingerprint density at radius 3 is 2.54 bits per heavy atom. The van der Waals surface area contributed by atoms with E-state index in [9.17, 15) is 10.2 Å². The molecule has 0 spiro atoms. The summed E-state index contributed by atoms with van der Waals surface area (Å²) in [6.07, 6.45) is 1.46. The van der Waals surface area contributed by atoms with Gasteiger partial charge in [-0.2, -0.15) is 0 Å². The van der Waals surface area contributed by atoms with Crippen molar-refractivity contribution in [2.75, 3.05) is 0 Å². The fraction of sp³-hybridized carbons (Fsp3) is 0.400. The molecule has 2 rings (SSSR count). The van der Waals surface area contributed by atoms with E-state index in [2.05, 4.69) is 0 Å². The standard InChI is InChI=1S/C10H11ClO2/c1-6-4-7(12)5-8(9(6)11)10(13)2-3-10/h4-5,12-13H,2-3H2,1H3. The second kappa shape index (κ2) is 2.63. The fourth-order valence-electron chi connectivity index (χ4n) is 1.48. The molecule has 0 aliphatic heterocycles. The van der Waals surface area contributed by atoms with Gasteiger partial charge in [-0.15, -0.1) is 0 Å². The lowest BCUT2D eigenvalue weighted by atomic mass is 10.0. The van der Waals surface area contributed by atoms with E-state index in [1.165, 1.54) is 0 Å². The minimum atomic E-state index is -0.777. The first kappa shape index (κ1) is 8.85. The molecule has 0 unspecified atom stereocenters. The average molecular weight is 199 g/mol. The van der Waals surface area contributed by atoms with Gasteiger partial charge >= 0.3 is 0 Å². The summed E-state index contributed by atoms with van der Waals surface area (Å²) in [6.45, 7) is 1.82. The Labute approximate surface area is 81.8 Å². The van der Waals surface area contributed by atoms with Crippen molar-refractivity contribution < 1.29 is 10.2 Å². The number of rotatable bonds is 1. The van der Waals surface area contributed by atoms with Crippen molar-refractivity contribution in [3.05, 3.63) is 28.3 Å². The van der Waals surface area contributed by atoms with Gasteiger partial charge in [0.05, 0.1) is 5.60 Å². The van der Waals surface area contributed by atoms with Crippen LogP contribution < -0.4 is 0 Å². The van der Waals surface area contributed by atoms with Gasteiger partial charge in [-0.05, 0) is 37.5 Å². The highest BCUT2D eigenvalue weighted by molar-refractivity contribution is 6.32. The van der Waals surface area contributed by atoms with E-state index in [1.807, 2.05) is 6.92 Å². The van der Waals surface area contributed by atoms with E-state index in [0.29, 0.717) is 10.6 Å². The number of hydrogen-bond acceptors (Lipinski definition) is 2. The molecule has 1 aromatic carbocycles. The predicted octanol–water partition coefficient (Wildman–Crippen LogP) is 2.34. The molecule has 1 aliphatic rings. The summed E-state index contributed by atoms with van der Waals surface area (Å²) in [5, 5.41) is 19.7.